The lowest BCUT2D eigenvalue weighted by molar-refractivity contribution is -0.115. The smallest absolute Gasteiger partial charge is 0.290 e. The van der Waals surface area contributed by atoms with E-state index in [0.29, 0.717) is 34.1 Å². The number of amides is 2. The normalized spacial score (nSPS) is 18.9. The minimum absolute atomic E-state index is 0.300. The molecule has 4 heterocycles. The third-order valence-corrected chi connectivity index (χ3v) is 5.63. The van der Waals surface area contributed by atoms with E-state index in [9.17, 15) is 9.59 Å². The predicted molar refractivity (Wildman–Crippen MR) is 110 cm³/mol. The minimum Gasteiger partial charge on any atom is -0.461 e. The number of amidine groups is 1. The second-order valence-corrected chi connectivity index (χ2v) is 7.81. The topological polar surface area (TPSA) is 124 Å². The molecule has 2 aliphatic heterocycles. The van der Waals surface area contributed by atoms with E-state index in [4.69, 9.17) is 9.83 Å². The standard InChI is InChI=1S/C19H20N6O3S/c20-16(14-2-1-9-28-14)22-11-12-4-7-25(8-5-12)18-21-6-3-13(23-18)10-15-17(26)24-19(27)29-15/h1-3,6,9-10,12H,4-5,7-8,11H2,(H2,20,22)(H,24,26,27)/b15-10-. The third kappa shape index (κ3) is 4.65. The van der Waals surface area contributed by atoms with E-state index >= 15 is 0 Å². The average Bonchev–Trinajstić information content (AvgIpc) is 3.37. The van der Waals surface area contributed by atoms with Gasteiger partial charge in [0.05, 0.1) is 16.9 Å². The van der Waals surface area contributed by atoms with Crippen molar-refractivity contribution in [3.63, 3.8) is 0 Å². The number of nitrogens with zero attached hydrogens (tertiary/aromatic N) is 3. The summed E-state index contributed by atoms with van der Waals surface area (Å²) in [6, 6.07) is 5.25. The molecule has 2 aliphatic rings. The van der Waals surface area contributed by atoms with Crippen LogP contribution in [0.5, 0.6) is 0 Å². The summed E-state index contributed by atoms with van der Waals surface area (Å²) in [6.45, 7) is 2.35. The van der Waals surface area contributed by atoms with Gasteiger partial charge in [0.2, 0.25) is 5.95 Å². The second kappa shape index (κ2) is 8.48. The van der Waals surface area contributed by atoms with Crippen LogP contribution in [0.25, 0.3) is 6.08 Å². The van der Waals surface area contributed by atoms with Crippen molar-refractivity contribution in [2.75, 3.05) is 24.5 Å². The number of rotatable bonds is 5. The number of carbonyl (C=O) groups excluding carboxylic acids is 2. The molecule has 4 rings (SSSR count). The van der Waals surface area contributed by atoms with Gasteiger partial charge in [-0.25, -0.2) is 9.97 Å². The Kier molecular flexibility index (Phi) is 5.61. The van der Waals surface area contributed by atoms with Gasteiger partial charge in [0.1, 0.15) is 0 Å². The first-order valence-corrected chi connectivity index (χ1v) is 10.1. The SMILES string of the molecule is N=C(NCC1CCN(c2nccc(/C=C3\SC(=O)NC3=O)n2)CC1)c1ccco1. The molecule has 0 aliphatic carbocycles. The fourth-order valence-corrected chi connectivity index (χ4v) is 3.91. The molecule has 2 saturated heterocycles. The zero-order valence-corrected chi connectivity index (χ0v) is 16.4. The van der Waals surface area contributed by atoms with Crippen molar-refractivity contribution in [1.82, 2.24) is 20.6 Å². The molecule has 0 saturated carbocycles. The molecule has 2 amide bonds. The summed E-state index contributed by atoms with van der Waals surface area (Å²) in [6.07, 6.45) is 6.74. The third-order valence-electron chi connectivity index (χ3n) is 4.82. The summed E-state index contributed by atoms with van der Waals surface area (Å²) < 4.78 is 5.22. The molecule has 2 aromatic rings. The highest BCUT2D eigenvalue weighted by molar-refractivity contribution is 8.18. The van der Waals surface area contributed by atoms with E-state index in [0.717, 1.165) is 44.2 Å². The van der Waals surface area contributed by atoms with Crippen LogP contribution in [0.1, 0.15) is 24.3 Å². The summed E-state index contributed by atoms with van der Waals surface area (Å²) in [5, 5.41) is 13.0. The molecule has 9 nitrogen and oxygen atoms in total. The highest BCUT2D eigenvalue weighted by atomic mass is 32.2. The van der Waals surface area contributed by atoms with Crippen LogP contribution in [-0.4, -0.2) is 46.6 Å². The maximum absolute atomic E-state index is 11.7. The van der Waals surface area contributed by atoms with E-state index < -0.39 is 5.91 Å². The Morgan fingerprint density at radius 1 is 1.38 bits per heavy atom. The lowest BCUT2D eigenvalue weighted by Crippen LogP contribution is -2.39. The number of hydrogen-bond acceptors (Lipinski definition) is 8. The van der Waals surface area contributed by atoms with E-state index in [1.807, 2.05) is 0 Å². The van der Waals surface area contributed by atoms with E-state index in [2.05, 4.69) is 25.5 Å². The zero-order chi connectivity index (χ0) is 20.2. The van der Waals surface area contributed by atoms with Crippen LogP contribution in [0.2, 0.25) is 0 Å². The molecule has 10 heteroatoms. The molecule has 0 spiro atoms. The number of piperidine rings is 1. The predicted octanol–water partition coefficient (Wildman–Crippen LogP) is 2.23. The van der Waals surface area contributed by atoms with Crippen molar-refractivity contribution in [3.8, 4) is 0 Å². The van der Waals surface area contributed by atoms with Gasteiger partial charge in [-0.3, -0.25) is 20.3 Å². The summed E-state index contributed by atoms with van der Waals surface area (Å²) in [4.78, 5) is 34.3. The Hall–Kier alpha value is -3.14. The van der Waals surface area contributed by atoms with Crippen molar-refractivity contribution in [2.45, 2.75) is 12.8 Å². The highest BCUT2D eigenvalue weighted by Crippen LogP contribution is 2.26. The van der Waals surface area contributed by atoms with Gasteiger partial charge in [-0.05, 0) is 54.8 Å². The van der Waals surface area contributed by atoms with Crippen LogP contribution in [-0.2, 0) is 4.79 Å². The maximum Gasteiger partial charge on any atom is 0.290 e. The Bertz CT molecular complexity index is 951. The van der Waals surface area contributed by atoms with Gasteiger partial charge in [0, 0.05) is 25.8 Å². The number of furan rings is 1. The highest BCUT2D eigenvalue weighted by Gasteiger charge is 2.26. The van der Waals surface area contributed by atoms with Gasteiger partial charge in [0.25, 0.3) is 11.1 Å². The van der Waals surface area contributed by atoms with Gasteiger partial charge in [-0.1, -0.05) is 0 Å². The van der Waals surface area contributed by atoms with Crippen molar-refractivity contribution in [2.24, 2.45) is 5.92 Å². The summed E-state index contributed by atoms with van der Waals surface area (Å²) in [5.74, 6) is 1.51. The van der Waals surface area contributed by atoms with Gasteiger partial charge in [0.15, 0.2) is 11.6 Å². The summed E-state index contributed by atoms with van der Waals surface area (Å²) >= 11 is 0.873. The summed E-state index contributed by atoms with van der Waals surface area (Å²) in [7, 11) is 0. The lowest BCUT2D eigenvalue weighted by Gasteiger charge is -2.32. The van der Waals surface area contributed by atoms with Crippen molar-refractivity contribution in [3.05, 3.63) is 47.0 Å². The number of anilines is 1. The lowest BCUT2D eigenvalue weighted by atomic mass is 9.97. The molecule has 0 unspecified atom stereocenters. The van der Waals surface area contributed by atoms with Gasteiger partial charge >= 0.3 is 0 Å². The molecule has 0 aromatic carbocycles. The maximum atomic E-state index is 11.7. The van der Waals surface area contributed by atoms with Crippen LogP contribution in [0, 0.1) is 11.3 Å². The molecule has 2 aromatic heterocycles. The van der Waals surface area contributed by atoms with E-state index in [-0.39, 0.29) is 5.24 Å². The molecular weight excluding hydrogens is 392 g/mol. The van der Waals surface area contributed by atoms with Gasteiger partial charge in [-0.15, -0.1) is 0 Å². The van der Waals surface area contributed by atoms with Gasteiger partial charge < -0.3 is 14.6 Å². The number of aromatic nitrogens is 2. The zero-order valence-electron chi connectivity index (χ0n) is 15.6. The van der Waals surface area contributed by atoms with Crippen LogP contribution in [0.4, 0.5) is 10.7 Å². The number of carbonyl (C=O) groups is 2. The quantitative estimate of drug-likeness (QED) is 0.388. The molecule has 0 bridgehead atoms. The Labute approximate surface area is 171 Å². The monoisotopic (exact) mass is 412 g/mol. The number of hydrogen-bond donors (Lipinski definition) is 3. The van der Waals surface area contributed by atoms with Crippen LogP contribution < -0.4 is 15.5 Å². The van der Waals surface area contributed by atoms with Crippen molar-refractivity contribution >= 4 is 40.8 Å². The minimum atomic E-state index is -0.395. The first kappa shape index (κ1) is 19.2. The molecule has 29 heavy (non-hydrogen) atoms. The molecule has 0 radical (unpaired) electrons. The Morgan fingerprint density at radius 2 is 2.21 bits per heavy atom. The van der Waals surface area contributed by atoms with Crippen molar-refractivity contribution in [1.29, 1.82) is 5.41 Å². The molecule has 3 N–H and O–H groups in total. The number of thioether (sulfide) groups is 1. The first-order chi connectivity index (χ1) is 14.1. The fraction of sp³-hybridized carbons (Fsp3) is 0.316. The van der Waals surface area contributed by atoms with Gasteiger partial charge in [-0.2, -0.15) is 0 Å². The summed E-state index contributed by atoms with van der Waals surface area (Å²) in [5.41, 5.74) is 0.595. The fourth-order valence-electron chi connectivity index (χ4n) is 3.24. The number of imide groups is 1. The van der Waals surface area contributed by atoms with Crippen LogP contribution in [0.15, 0.2) is 40.0 Å². The Morgan fingerprint density at radius 3 is 2.90 bits per heavy atom. The van der Waals surface area contributed by atoms with Crippen molar-refractivity contribution < 1.29 is 14.0 Å². The molecule has 150 valence electrons. The van der Waals surface area contributed by atoms with Crippen LogP contribution >= 0.6 is 11.8 Å². The molecular formula is C19H20N6O3S. The van der Waals surface area contributed by atoms with Crippen LogP contribution in [0.3, 0.4) is 0 Å². The molecule has 0 atom stereocenters. The Balaban J connectivity index is 1.32. The average molecular weight is 412 g/mol. The van der Waals surface area contributed by atoms with E-state index in [1.54, 1.807) is 36.7 Å². The first-order valence-electron chi connectivity index (χ1n) is 9.27. The second-order valence-electron chi connectivity index (χ2n) is 6.80. The van der Waals surface area contributed by atoms with E-state index in [1.165, 1.54) is 0 Å². The molecule has 2 fully saturated rings. The largest absolute Gasteiger partial charge is 0.461 e. The number of nitrogens with one attached hydrogen (secondary N) is 3.